The van der Waals surface area contributed by atoms with Gasteiger partial charge >= 0.3 is 0 Å². The molecule has 1 aliphatic rings. The summed E-state index contributed by atoms with van der Waals surface area (Å²) in [6.07, 6.45) is 8.48. The predicted octanol–water partition coefficient (Wildman–Crippen LogP) is 4.21. The lowest BCUT2D eigenvalue weighted by Gasteiger charge is -2.33. The van der Waals surface area contributed by atoms with E-state index in [-0.39, 0.29) is 0 Å². The first-order chi connectivity index (χ1) is 9.93. The lowest BCUT2D eigenvalue weighted by Crippen LogP contribution is -2.21. The zero-order valence-corrected chi connectivity index (χ0v) is 13.6. The van der Waals surface area contributed by atoms with Crippen LogP contribution in [0.5, 0.6) is 0 Å². The molecule has 0 N–H and O–H groups in total. The molecule has 0 saturated heterocycles. The summed E-state index contributed by atoms with van der Waals surface area (Å²) >= 11 is 6.20. The molecule has 112 valence electrons. The monoisotopic (exact) mass is 304 g/mol. The van der Waals surface area contributed by atoms with Crippen molar-refractivity contribution in [2.24, 2.45) is 12.5 Å². The summed E-state index contributed by atoms with van der Waals surface area (Å²) in [5.74, 6) is 1.31. The Bertz CT molecular complexity index is 637. The molecule has 4 nitrogen and oxygen atoms in total. The number of aryl methyl sites for hydroxylation is 1. The minimum absolute atomic E-state index is 0.423. The normalized spacial score (nSPS) is 18.9. The first kappa shape index (κ1) is 14.5. The molecule has 0 aromatic carbocycles. The topological polar surface area (TPSA) is 43.6 Å². The van der Waals surface area contributed by atoms with E-state index in [0.717, 1.165) is 29.9 Å². The minimum Gasteiger partial charge on any atom is -0.275 e. The van der Waals surface area contributed by atoms with Gasteiger partial charge in [-0.2, -0.15) is 5.10 Å². The molecule has 1 aliphatic carbocycles. The van der Waals surface area contributed by atoms with Crippen LogP contribution >= 0.6 is 11.6 Å². The fourth-order valence-electron chi connectivity index (χ4n) is 2.98. The Morgan fingerprint density at radius 3 is 2.57 bits per heavy atom. The molecule has 2 aromatic rings. The highest BCUT2D eigenvalue weighted by Crippen LogP contribution is 2.41. The highest BCUT2D eigenvalue weighted by Gasteiger charge is 2.29. The lowest BCUT2D eigenvalue weighted by molar-refractivity contribution is 0.221. The van der Waals surface area contributed by atoms with E-state index in [1.165, 1.54) is 12.8 Å². The van der Waals surface area contributed by atoms with Crippen LogP contribution in [-0.4, -0.2) is 19.7 Å². The average molecular weight is 305 g/mol. The van der Waals surface area contributed by atoms with Gasteiger partial charge in [0.25, 0.3) is 0 Å². The van der Waals surface area contributed by atoms with Crippen LogP contribution in [0.1, 0.15) is 51.3 Å². The van der Waals surface area contributed by atoms with Crippen LogP contribution in [0.25, 0.3) is 11.3 Å². The van der Waals surface area contributed by atoms with Crippen LogP contribution in [0.3, 0.4) is 0 Å². The van der Waals surface area contributed by atoms with Gasteiger partial charge in [-0.25, -0.2) is 9.97 Å². The molecule has 0 aliphatic heterocycles. The van der Waals surface area contributed by atoms with Gasteiger partial charge < -0.3 is 0 Å². The van der Waals surface area contributed by atoms with Crippen molar-refractivity contribution < 1.29 is 0 Å². The van der Waals surface area contributed by atoms with Crippen LogP contribution in [0.15, 0.2) is 18.5 Å². The van der Waals surface area contributed by atoms with Crippen molar-refractivity contribution in [3.8, 4) is 11.3 Å². The fraction of sp³-hybridized carbons (Fsp3) is 0.562. The van der Waals surface area contributed by atoms with Gasteiger partial charge in [0.05, 0.1) is 11.9 Å². The molecule has 1 fully saturated rings. The number of hydrogen-bond acceptors (Lipinski definition) is 3. The second-order valence-electron chi connectivity index (χ2n) is 6.78. The summed E-state index contributed by atoms with van der Waals surface area (Å²) in [5, 5.41) is 4.71. The third kappa shape index (κ3) is 3.26. The third-order valence-corrected chi connectivity index (χ3v) is 4.61. The maximum absolute atomic E-state index is 6.20. The van der Waals surface area contributed by atoms with Gasteiger partial charge in [-0.05, 0) is 31.1 Å². The summed E-state index contributed by atoms with van der Waals surface area (Å²) in [5.41, 5.74) is 2.29. The van der Waals surface area contributed by atoms with Crippen LogP contribution in [0.4, 0.5) is 0 Å². The van der Waals surface area contributed by atoms with Crippen molar-refractivity contribution in [1.82, 2.24) is 19.7 Å². The highest BCUT2D eigenvalue weighted by molar-refractivity contribution is 6.29. The maximum atomic E-state index is 6.20. The van der Waals surface area contributed by atoms with Crippen LogP contribution in [-0.2, 0) is 7.05 Å². The molecule has 2 aromatic heterocycles. The Morgan fingerprint density at radius 1 is 1.24 bits per heavy atom. The minimum atomic E-state index is 0.423. The molecule has 0 atom stereocenters. The van der Waals surface area contributed by atoms with Gasteiger partial charge in [0.2, 0.25) is 0 Å². The molecule has 21 heavy (non-hydrogen) atoms. The summed E-state index contributed by atoms with van der Waals surface area (Å²) in [6.45, 7) is 4.67. The molecule has 0 amide bonds. The van der Waals surface area contributed by atoms with E-state index in [0.29, 0.717) is 16.5 Å². The molecular formula is C16H21ClN4. The van der Waals surface area contributed by atoms with Gasteiger partial charge in [-0.15, -0.1) is 0 Å². The van der Waals surface area contributed by atoms with E-state index >= 15 is 0 Å². The second-order valence-corrected chi connectivity index (χ2v) is 7.16. The largest absolute Gasteiger partial charge is 0.275 e. The summed E-state index contributed by atoms with van der Waals surface area (Å²) < 4.78 is 1.77. The van der Waals surface area contributed by atoms with Crippen LogP contribution in [0, 0.1) is 5.41 Å². The van der Waals surface area contributed by atoms with Crippen LogP contribution < -0.4 is 0 Å². The smallest absolute Gasteiger partial charge is 0.133 e. The van der Waals surface area contributed by atoms with Gasteiger partial charge in [-0.3, -0.25) is 4.68 Å². The Kier molecular flexibility index (Phi) is 3.74. The summed E-state index contributed by atoms with van der Waals surface area (Å²) in [6, 6.07) is 1.81. The Labute approximate surface area is 130 Å². The van der Waals surface area contributed by atoms with Gasteiger partial charge in [-0.1, -0.05) is 25.4 Å². The van der Waals surface area contributed by atoms with Gasteiger partial charge in [0.15, 0.2) is 0 Å². The zero-order valence-electron chi connectivity index (χ0n) is 12.8. The molecule has 0 radical (unpaired) electrons. The van der Waals surface area contributed by atoms with Gasteiger partial charge in [0, 0.05) is 30.8 Å². The van der Waals surface area contributed by atoms with E-state index in [4.69, 9.17) is 16.6 Å². The van der Waals surface area contributed by atoms with E-state index in [9.17, 15) is 0 Å². The Balaban J connectivity index is 1.88. The molecule has 2 heterocycles. The summed E-state index contributed by atoms with van der Waals surface area (Å²) in [7, 11) is 1.90. The standard InChI is InChI=1S/C16H21ClN4/c1-16(2)6-4-11(5-7-16)15-19-13(8-14(17)20-15)12-9-18-21(3)10-12/h8-11H,4-7H2,1-3H3. The Hall–Kier alpha value is -1.42. The second kappa shape index (κ2) is 5.41. The summed E-state index contributed by atoms with van der Waals surface area (Å²) in [4.78, 5) is 9.20. The highest BCUT2D eigenvalue weighted by atomic mass is 35.5. The van der Waals surface area contributed by atoms with Crippen molar-refractivity contribution in [2.45, 2.75) is 45.4 Å². The van der Waals surface area contributed by atoms with Crippen molar-refractivity contribution >= 4 is 11.6 Å². The van der Waals surface area contributed by atoms with Crippen molar-refractivity contribution in [2.75, 3.05) is 0 Å². The molecular weight excluding hydrogens is 284 g/mol. The molecule has 1 saturated carbocycles. The number of halogens is 1. The quantitative estimate of drug-likeness (QED) is 0.780. The molecule has 0 spiro atoms. The van der Waals surface area contributed by atoms with E-state index in [2.05, 4.69) is 23.9 Å². The van der Waals surface area contributed by atoms with Crippen molar-refractivity contribution in [1.29, 1.82) is 0 Å². The lowest BCUT2D eigenvalue weighted by atomic mass is 9.73. The van der Waals surface area contributed by atoms with Crippen LogP contribution in [0.2, 0.25) is 5.15 Å². The maximum Gasteiger partial charge on any atom is 0.133 e. The molecule has 3 rings (SSSR count). The molecule has 0 unspecified atom stereocenters. The van der Waals surface area contributed by atoms with E-state index < -0.39 is 0 Å². The van der Waals surface area contributed by atoms with Crippen molar-refractivity contribution in [3.05, 3.63) is 29.4 Å². The number of nitrogens with zero attached hydrogens (tertiary/aromatic N) is 4. The third-order valence-electron chi connectivity index (χ3n) is 4.42. The van der Waals surface area contributed by atoms with E-state index in [1.54, 1.807) is 4.68 Å². The fourth-order valence-corrected chi connectivity index (χ4v) is 3.17. The number of hydrogen-bond donors (Lipinski definition) is 0. The Morgan fingerprint density at radius 2 is 1.95 bits per heavy atom. The first-order valence-corrected chi connectivity index (χ1v) is 7.84. The van der Waals surface area contributed by atoms with E-state index in [1.807, 2.05) is 25.5 Å². The molecule has 0 bridgehead atoms. The zero-order chi connectivity index (χ0) is 15.0. The van der Waals surface area contributed by atoms with Crippen molar-refractivity contribution in [3.63, 3.8) is 0 Å². The SMILES string of the molecule is Cn1cc(-c2cc(Cl)nc(C3CCC(C)(C)CC3)n2)cn1. The average Bonchev–Trinajstić information content (AvgIpc) is 2.85. The number of aromatic nitrogens is 4. The number of rotatable bonds is 2. The predicted molar refractivity (Wildman–Crippen MR) is 84.2 cm³/mol. The first-order valence-electron chi connectivity index (χ1n) is 7.46. The molecule has 5 heteroatoms. The van der Waals surface area contributed by atoms with Gasteiger partial charge in [0.1, 0.15) is 11.0 Å².